The number of amides is 11. The lowest BCUT2D eigenvalue weighted by molar-refractivity contribution is -0.148. The van der Waals surface area contributed by atoms with Gasteiger partial charge in [-0.1, -0.05) is 111 Å². The van der Waals surface area contributed by atoms with Crippen molar-refractivity contribution in [3.05, 3.63) is 77.9 Å². The molecule has 2 aromatic rings. The van der Waals surface area contributed by atoms with Gasteiger partial charge in [0.2, 0.25) is 47.3 Å². The van der Waals surface area contributed by atoms with Gasteiger partial charge < -0.3 is 61.0 Å². The minimum atomic E-state index is -1.11. The summed E-state index contributed by atoms with van der Waals surface area (Å²) < 4.78 is 17.7. The van der Waals surface area contributed by atoms with E-state index >= 15 is 0 Å². The second kappa shape index (κ2) is 35.7. The summed E-state index contributed by atoms with van der Waals surface area (Å²) in [6.07, 6.45) is 0.842. The lowest BCUT2D eigenvalue weighted by Gasteiger charge is -2.41. The summed E-state index contributed by atoms with van der Waals surface area (Å²) in [6.45, 7) is 21.2. The van der Waals surface area contributed by atoms with Crippen molar-refractivity contribution < 1.29 is 72.1 Å². The maximum atomic E-state index is 14.8. The molecule has 504 valence electrons. The van der Waals surface area contributed by atoms with Gasteiger partial charge in [-0.25, -0.2) is 4.79 Å². The van der Waals surface area contributed by atoms with Crippen molar-refractivity contribution in [3.8, 4) is 0 Å². The first-order valence-electron chi connectivity index (χ1n) is 31.6. The van der Waals surface area contributed by atoms with E-state index in [9.17, 15) is 57.8 Å². The molecule has 25 heteroatoms. The van der Waals surface area contributed by atoms with E-state index in [0.717, 1.165) is 17.1 Å². The van der Waals surface area contributed by atoms with Gasteiger partial charge in [0.05, 0.1) is 48.8 Å². The molecule has 2 aliphatic rings. The van der Waals surface area contributed by atoms with E-state index in [1.165, 1.54) is 40.0 Å². The van der Waals surface area contributed by atoms with Gasteiger partial charge in [-0.3, -0.25) is 57.7 Å². The fourth-order valence-corrected chi connectivity index (χ4v) is 11.5. The molecule has 91 heavy (non-hydrogen) atoms. The molecule has 1 fully saturated rings. The normalized spacial score (nSPS) is 18.0. The van der Waals surface area contributed by atoms with Crippen LogP contribution in [0, 0.1) is 29.6 Å². The van der Waals surface area contributed by atoms with Gasteiger partial charge in [0.15, 0.2) is 0 Å². The molecule has 11 amide bonds. The van der Waals surface area contributed by atoms with Crippen LogP contribution in [0.3, 0.4) is 0 Å². The molecule has 1 saturated heterocycles. The second-order valence-corrected chi connectivity index (χ2v) is 25.1. The molecule has 0 unspecified atom stereocenters. The summed E-state index contributed by atoms with van der Waals surface area (Å²) in [6, 6.07) is 8.44. The van der Waals surface area contributed by atoms with Crippen LogP contribution in [0.2, 0.25) is 0 Å². The minimum absolute atomic E-state index is 0.0334. The number of likely N-dealkylation sites (tertiary alicyclic amines) is 1. The van der Waals surface area contributed by atoms with Gasteiger partial charge in [0.1, 0.15) is 36.8 Å². The number of methoxy groups -OCH3 is 2. The smallest absolute Gasteiger partial charge is 0.410 e. The molecule has 0 aliphatic carbocycles. The highest BCUT2D eigenvalue weighted by Gasteiger charge is 2.44. The van der Waals surface area contributed by atoms with Crippen LogP contribution in [-0.2, 0) is 68.8 Å². The van der Waals surface area contributed by atoms with E-state index in [-0.39, 0.29) is 56.1 Å². The highest BCUT2D eigenvalue weighted by molar-refractivity contribution is 6.13. The minimum Gasteiger partial charge on any atom is -0.445 e. The number of carbonyl (C=O) groups excluding carboxylic acids is 11. The third-order valence-electron chi connectivity index (χ3n) is 17.0. The van der Waals surface area contributed by atoms with Gasteiger partial charge >= 0.3 is 6.09 Å². The number of rotatable bonds is 34. The van der Waals surface area contributed by atoms with Gasteiger partial charge in [0, 0.05) is 65.7 Å². The summed E-state index contributed by atoms with van der Waals surface area (Å²) in [5, 5.41) is 27.3. The molecule has 0 aromatic heterocycles. The Labute approximate surface area is 536 Å². The largest absolute Gasteiger partial charge is 0.445 e. The Morgan fingerprint density at radius 3 is 1.86 bits per heavy atom. The number of benzene rings is 2. The topological polar surface area (TPSA) is 321 Å². The molecule has 0 saturated carbocycles. The van der Waals surface area contributed by atoms with Crippen LogP contribution >= 0.6 is 0 Å². The number of nitrogens with zero attached hydrogens (tertiary/aromatic N) is 4. The Kier molecular flexibility index (Phi) is 29.7. The van der Waals surface area contributed by atoms with Crippen molar-refractivity contribution in [1.82, 2.24) is 46.2 Å². The fourth-order valence-electron chi connectivity index (χ4n) is 11.5. The Morgan fingerprint density at radius 1 is 0.692 bits per heavy atom. The molecule has 0 radical (unpaired) electrons. The predicted molar refractivity (Wildman–Crippen MR) is 341 cm³/mol. The van der Waals surface area contributed by atoms with Crippen molar-refractivity contribution in [3.63, 3.8) is 0 Å². The second-order valence-electron chi connectivity index (χ2n) is 25.1. The third kappa shape index (κ3) is 21.4. The third-order valence-corrected chi connectivity index (χ3v) is 17.0. The standard InChI is InChI=1S/C66H100N10O15/c1-17-40(8)57(50(89-15)35-54(80)75-32-21-24-49(75)59(90-16)41(9)60(82)67-42(10)58(81)46-22-19-18-20-23-46)73(13)65(87)55(38(4)5)72-64(86)56(39(6)7)74(14)66(88)91-36-45-25-27-47(28-26-45)70-62(84)44(12)68-61(83)43(11)69-63(85)48(34-37(2)3)71-51(77)31-33-76-52(78)29-30-53(76)79/h18-20,22-23,25-30,37-44,48-50,55-59,81H,17,21,24,31-36H2,1-16H3,(H,67,82)(H,68,83)(H,69,85)(H,70,84)(H,71,77)(H,72,86)/t40-,41+,42+,43-,44-,48+,49-,50+,55-,56-,57-,58+,59+/m0/s1. The van der Waals surface area contributed by atoms with Crippen LogP contribution in [-0.4, -0.2) is 192 Å². The number of ether oxygens (including phenoxy) is 3. The summed E-state index contributed by atoms with van der Waals surface area (Å²) in [5.74, 6) is -6.83. The van der Waals surface area contributed by atoms with Gasteiger partial charge in [0.25, 0.3) is 11.8 Å². The number of hydrogen-bond acceptors (Lipinski definition) is 15. The van der Waals surface area contributed by atoms with Gasteiger partial charge in [-0.2, -0.15) is 0 Å². The number of nitrogens with one attached hydrogen (secondary N) is 6. The Hall–Kier alpha value is -7.77. The van der Waals surface area contributed by atoms with Crippen molar-refractivity contribution in [2.24, 2.45) is 29.6 Å². The predicted octanol–water partition coefficient (Wildman–Crippen LogP) is 4.37. The molecule has 0 spiro atoms. The van der Waals surface area contributed by atoms with E-state index in [0.29, 0.717) is 42.6 Å². The number of anilines is 1. The lowest BCUT2D eigenvalue weighted by atomic mass is 9.89. The summed E-state index contributed by atoms with van der Waals surface area (Å²) >= 11 is 0. The van der Waals surface area contributed by atoms with Crippen molar-refractivity contribution in [2.75, 3.05) is 46.7 Å². The molecular formula is C66H100N10O15. The van der Waals surface area contributed by atoms with E-state index in [2.05, 4.69) is 31.9 Å². The molecule has 2 aromatic carbocycles. The van der Waals surface area contributed by atoms with E-state index in [1.54, 1.807) is 94.8 Å². The zero-order chi connectivity index (χ0) is 68.1. The summed E-state index contributed by atoms with van der Waals surface area (Å²) in [4.78, 5) is 152. The van der Waals surface area contributed by atoms with E-state index < -0.39 is 138 Å². The average Bonchev–Trinajstić information content (AvgIpc) is 1.87. The first-order valence-corrected chi connectivity index (χ1v) is 31.6. The van der Waals surface area contributed by atoms with Crippen LogP contribution in [0.15, 0.2) is 66.7 Å². The van der Waals surface area contributed by atoms with Gasteiger partial charge in [-0.05, 0) is 87.0 Å². The quantitative estimate of drug-likeness (QED) is 0.0479. The van der Waals surface area contributed by atoms with Crippen LogP contribution in [0.1, 0.15) is 139 Å². The molecule has 25 nitrogen and oxygen atoms in total. The molecule has 2 heterocycles. The first kappa shape index (κ1) is 75.7. The summed E-state index contributed by atoms with van der Waals surface area (Å²) in [7, 11) is 6.08. The van der Waals surface area contributed by atoms with Crippen LogP contribution in [0.4, 0.5) is 10.5 Å². The molecule has 4 rings (SSSR count). The van der Waals surface area contributed by atoms with Gasteiger partial charge in [-0.15, -0.1) is 0 Å². The molecule has 7 N–H and O–H groups in total. The zero-order valence-corrected chi connectivity index (χ0v) is 55.9. The number of hydrogen-bond donors (Lipinski definition) is 7. The number of carbonyl (C=O) groups is 11. The highest BCUT2D eigenvalue weighted by Crippen LogP contribution is 2.30. The zero-order valence-electron chi connectivity index (χ0n) is 55.9. The molecule has 13 atom stereocenters. The maximum Gasteiger partial charge on any atom is 0.410 e. The molecule has 2 aliphatic heterocycles. The number of aliphatic hydroxyl groups excluding tert-OH is 1. The summed E-state index contributed by atoms with van der Waals surface area (Å²) in [5.41, 5.74) is 1.56. The SMILES string of the molecule is CC[C@H](C)[C@@H]([C@@H](CC(=O)N1CCC[C@H]1[C@H](OC)[C@@H](C)C(=O)N[C@H](C)[C@@H](O)c1ccccc1)OC)N(C)C(=O)[C@@H](NC(=O)[C@H](C(C)C)N(C)C(=O)OCc1ccc(NC(=O)[C@H](C)NC(=O)[C@H](C)NC(=O)[C@@H](CC(C)C)NC(=O)CCN2C(=O)C=CC2=O)cc1)C(C)C. The monoisotopic (exact) mass is 1270 g/mol. The molecule has 0 bridgehead atoms. The van der Waals surface area contributed by atoms with Crippen molar-refractivity contribution >= 4 is 70.9 Å². The maximum absolute atomic E-state index is 14.8. The fraction of sp³-hybridized carbons (Fsp3) is 0.621. The highest BCUT2D eigenvalue weighted by atomic mass is 16.6. The Bertz CT molecular complexity index is 2840. The van der Waals surface area contributed by atoms with E-state index in [4.69, 9.17) is 14.2 Å². The van der Waals surface area contributed by atoms with Crippen LogP contribution in [0.25, 0.3) is 0 Å². The average molecular weight is 1270 g/mol. The molecular weight excluding hydrogens is 1170 g/mol. The van der Waals surface area contributed by atoms with Crippen LogP contribution < -0.4 is 31.9 Å². The Balaban J connectivity index is 1.33. The number of likely N-dealkylation sites (N-methyl/N-ethyl adjacent to an activating group) is 2. The first-order chi connectivity index (χ1) is 42.9. The number of aliphatic hydroxyl groups is 1. The van der Waals surface area contributed by atoms with Crippen molar-refractivity contribution in [2.45, 2.75) is 195 Å². The Morgan fingerprint density at radius 2 is 1.30 bits per heavy atom. The van der Waals surface area contributed by atoms with Crippen LogP contribution in [0.5, 0.6) is 0 Å². The number of imide groups is 1. The van der Waals surface area contributed by atoms with Crippen molar-refractivity contribution in [1.29, 1.82) is 0 Å². The lowest BCUT2D eigenvalue weighted by Crippen LogP contribution is -2.60. The van der Waals surface area contributed by atoms with E-state index in [1.807, 2.05) is 45.9 Å².